The van der Waals surface area contributed by atoms with Gasteiger partial charge in [0.15, 0.2) is 5.17 Å². The van der Waals surface area contributed by atoms with Gasteiger partial charge < -0.3 is 5.32 Å². The quantitative estimate of drug-likeness (QED) is 0.805. The number of hydrogen-bond donors (Lipinski definition) is 2. The summed E-state index contributed by atoms with van der Waals surface area (Å²) in [7, 11) is 0. The van der Waals surface area contributed by atoms with Crippen molar-refractivity contribution in [3.8, 4) is 0 Å². The summed E-state index contributed by atoms with van der Waals surface area (Å²) in [5.74, 6) is -0.146. The van der Waals surface area contributed by atoms with Gasteiger partial charge in [-0.3, -0.25) is 24.8 Å². The molecule has 0 spiro atoms. The monoisotopic (exact) mass is 413 g/mol. The fourth-order valence-corrected chi connectivity index (χ4v) is 3.67. The van der Waals surface area contributed by atoms with Crippen molar-refractivity contribution >= 4 is 51.7 Å². The second-order valence-electron chi connectivity index (χ2n) is 6.02. The van der Waals surface area contributed by atoms with E-state index in [2.05, 4.69) is 15.8 Å². The molecule has 9 heteroatoms. The minimum Gasteiger partial charge on any atom is -0.325 e. The van der Waals surface area contributed by atoms with Crippen molar-refractivity contribution in [2.75, 3.05) is 16.0 Å². The number of nitrogens with zero attached hydrogens (tertiary/aromatic N) is 3. The van der Waals surface area contributed by atoms with E-state index in [1.165, 1.54) is 11.8 Å². The molecule has 142 valence electrons. The zero-order chi connectivity index (χ0) is 19.5. The van der Waals surface area contributed by atoms with E-state index < -0.39 is 6.17 Å². The number of halogens is 1. The molecular weight excluding hydrogens is 398 g/mol. The van der Waals surface area contributed by atoms with Gasteiger partial charge in [-0.05, 0) is 36.4 Å². The zero-order valence-corrected chi connectivity index (χ0v) is 16.2. The average molecular weight is 414 g/mol. The first-order valence-electron chi connectivity index (χ1n) is 8.48. The highest BCUT2D eigenvalue weighted by Gasteiger charge is 2.38. The molecule has 0 radical (unpaired) electrons. The number of nitrogens with one attached hydrogen (secondary N) is 2. The Labute approximate surface area is 171 Å². The van der Waals surface area contributed by atoms with Gasteiger partial charge in [-0.2, -0.15) is 5.10 Å². The van der Waals surface area contributed by atoms with Crippen LogP contribution >= 0.6 is 23.4 Å². The van der Waals surface area contributed by atoms with E-state index in [0.29, 0.717) is 15.9 Å². The number of carbonyl (C=O) groups is 2. The number of fused-ring (bicyclic) bond motifs is 1. The first-order chi connectivity index (χ1) is 13.6. The fraction of sp³-hybridized carbons (Fsp3) is 0.105. The van der Waals surface area contributed by atoms with Crippen molar-refractivity contribution in [3.05, 3.63) is 72.0 Å². The molecule has 4 rings (SSSR count). The highest BCUT2D eigenvalue weighted by Crippen LogP contribution is 2.25. The van der Waals surface area contributed by atoms with Gasteiger partial charge in [0.1, 0.15) is 0 Å². The van der Waals surface area contributed by atoms with Crippen LogP contribution in [0, 0.1) is 0 Å². The summed E-state index contributed by atoms with van der Waals surface area (Å²) in [5, 5.41) is 8.18. The van der Waals surface area contributed by atoms with Crippen LogP contribution in [0.25, 0.3) is 0 Å². The number of hydrogen-bond acceptors (Lipinski definition) is 6. The number of rotatable bonds is 4. The van der Waals surface area contributed by atoms with Gasteiger partial charge in [-0.25, -0.2) is 0 Å². The summed E-state index contributed by atoms with van der Waals surface area (Å²) in [6.45, 7) is 0. The summed E-state index contributed by atoms with van der Waals surface area (Å²) in [4.78, 5) is 28.2. The number of carbonyl (C=O) groups excluding carboxylic acids is 2. The molecule has 2 amide bonds. The van der Waals surface area contributed by atoms with Crippen LogP contribution in [0.1, 0.15) is 0 Å². The van der Waals surface area contributed by atoms with Crippen LogP contribution in [-0.2, 0) is 9.59 Å². The smallest absolute Gasteiger partial charge is 0.276 e. The first kappa shape index (κ1) is 18.4. The maximum Gasteiger partial charge on any atom is 0.276 e. The third kappa shape index (κ3) is 3.83. The lowest BCUT2D eigenvalue weighted by Crippen LogP contribution is -2.52. The van der Waals surface area contributed by atoms with Gasteiger partial charge in [-0.15, -0.1) is 0 Å². The van der Waals surface area contributed by atoms with E-state index in [1.54, 1.807) is 46.5 Å². The van der Waals surface area contributed by atoms with Crippen molar-refractivity contribution in [3.63, 3.8) is 0 Å². The Bertz CT molecular complexity index is 949. The van der Waals surface area contributed by atoms with E-state index >= 15 is 0 Å². The Morgan fingerprint density at radius 3 is 2.64 bits per heavy atom. The number of thioether (sulfide) groups is 1. The molecule has 1 unspecified atom stereocenters. The van der Waals surface area contributed by atoms with Gasteiger partial charge in [0.2, 0.25) is 12.1 Å². The third-order valence-corrected chi connectivity index (χ3v) is 5.34. The third-order valence-electron chi connectivity index (χ3n) is 4.12. The Balaban J connectivity index is 1.36. The topological polar surface area (TPSA) is 77.0 Å². The normalized spacial score (nSPS) is 17.8. The van der Waals surface area contributed by atoms with Gasteiger partial charge in [0.05, 0.1) is 5.75 Å². The Morgan fingerprint density at radius 1 is 1.14 bits per heavy atom. The number of amidine groups is 1. The maximum absolute atomic E-state index is 12.8. The molecule has 2 aromatic rings. The van der Waals surface area contributed by atoms with Gasteiger partial charge in [-0.1, -0.05) is 41.6 Å². The summed E-state index contributed by atoms with van der Waals surface area (Å²) < 4.78 is 0. The molecular formula is C19H16ClN5O2S. The van der Waals surface area contributed by atoms with Crippen molar-refractivity contribution in [1.29, 1.82) is 0 Å². The van der Waals surface area contributed by atoms with Crippen LogP contribution in [0.5, 0.6) is 0 Å². The second kappa shape index (κ2) is 7.95. The fourth-order valence-electron chi connectivity index (χ4n) is 2.78. The highest BCUT2D eigenvalue weighted by atomic mass is 35.5. The lowest BCUT2D eigenvalue weighted by Gasteiger charge is -2.31. The standard InChI is InChI=1S/C19H16ClN5O2S/c20-13-6-8-14(9-7-13)21-16(26)12-28-19-23-22-17-18(27)24(10-11-25(17)19)15-4-2-1-3-5-15/h1-11,17,22H,12H2,(H,21,26). The molecule has 0 fully saturated rings. The number of benzene rings is 2. The van der Waals surface area contributed by atoms with E-state index in [1.807, 2.05) is 30.3 Å². The van der Waals surface area contributed by atoms with Crippen LogP contribution < -0.4 is 15.6 Å². The molecule has 7 nitrogen and oxygen atoms in total. The average Bonchev–Trinajstić information content (AvgIpc) is 3.13. The van der Waals surface area contributed by atoms with E-state index in [4.69, 9.17) is 11.6 Å². The van der Waals surface area contributed by atoms with Crippen LogP contribution in [0.2, 0.25) is 5.02 Å². The van der Waals surface area contributed by atoms with Crippen molar-refractivity contribution in [2.24, 2.45) is 5.10 Å². The Hall–Kier alpha value is -2.97. The second-order valence-corrected chi connectivity index (χ2v) is 7.40. The number of amides is 2. The number of anilines is 2. The molecule has 2 N–H and O–H groups in total. The molecule has 0 saturated heterocycles. The van der Waals surface area contributed by atoms with Crippen molar-refractivity contribution < 1.29 is 9.59 Å². The minimum atomic E-state index is -0.618. The predicted molar refractivity (Wildman–Crippen MR) is 112 cm³/mol. The number of hydrazone groups is 1. The van der Waals surface area contributed by atoms with Crippen molar-refractivity contribution in [1.82, 2.24) is 10.3 Å². The van der Waals surface area contributed by atoms with Crippen LogP contribution in [0.4, 0.5) is 11.4 Å². The van der Waals surface area contributed by atoms with E-state index in [0.717, 1.165) is 5.69 Å². The molecule has 0 aromatic heterocycles. The SMILES string of the molecule is O=C(CSC1=NNC2C(=O)N(c3ccccc3)C=CN12)Nc1ccc(Cl)cc1. The summed E-state index contributed by atoms with van der Waals surface area (Å²) in [6, 6.07) is 16.3. The van der Waals surface area contributed by atoms with Crippen LogP contribution in [0.3, 0.4) is 0 Å². The zero-order valence-electron chi connectivity index (χ0n) is 14.6. The molecule has 28 heavy (non-hydrogen) atoms. The molecule has 0 saturated carbocycles. The summed E-state index contributed by atoms with van der Waals surface area (Å²) >= 11 is 7.09. The molecule has 2 aliphatic heterocycles. The van der Waals surface area contributed by atoms with Gasteiger partial charge in [0, 0.05) is 28.8 Å². The molecule has 2 aromatic carbocycles. The summed E-state index contributed by atoms with van der Waals surface area (Å²) in [6.07, 6.45) is 2.86. The molecule has 2 aliphatic rings. The predicted octanol–water partition coefficient (Wildman–Crippen LogP) is 3.03. The van der Waals surface area contributed by atoms with E-state index in [9.17, 15) is 9.59 Å². The van der Waals surface area contributed by atoms with Crippen LogP contribution in [-0.4, -0.2) is 33.8 Å². The molecule has 2 heterocycles. The molecule has 0 aliphatic carbocycles. The lowest BCUT2D eigenvalue weighted by molar-refractivity contribution is -0.122. The first-order valence-corrected chi connectivity index (χ1v) is 9.84. The Kier molecular flexibility index (Phi) is 5.23. The lowest BCUT2D eigenvalue weighted by atomic mass is 10.2. The highest BCUT2D eigenvalue weighted by molar-refractivity contribution is 8.14. The van der Waals surface area contributed by atoms with Crippen molar-refractivity contribution in [2.45, 2.75) is 6.17 Å². The minimum absolute atomic E-state index is 0.140. The molecule has 0 bridgehead atoms. The van der Waals surface area contributed by atoms with Gasteiger partial charge in [0.25, 0.3) is 5.91 Å². The van der Waals surface area contributed by atoms with Crippen LogP contribution in [0.15, 0.2) is 72.1 Å². The summed E-state index contributed by atoms with van der Waals surface area (Å²) in [5.41, 5.74) is 4.30. The van der Waals surface area contributed by atoms with Gasteiger partial charge >= 0.3 is 0 Å². The maximum atomic E-state index is 12.8. The Morgan fingerprint density at radius 2 is 1.89 bits per heavy atom. The molecule has 1 atom stereocenters. The van der Waals surface area contributed by atoms with E-state index in [-0.39, 0.29) is 17.6 Å². The largest absolute Gasteiger partial charge is 0.325 e. The number of para-hydroxylation sites is 1.